The highest BCUT2D eigenvalue weighted by Gasteiger charge is 2.27. The van der Waals surface area contributed by atoms with Crippen molar-refractivity contribution >= 4 is 11.6 Å². The van der Waals surface area contributed by atoms with Gasteiger partial charge in [-0.3, -0.25) is 0 Å². The maximum Gasteiger partial charge on any atom is 0.411 e. The van der Waals surface area contributed by atoms with Crippen molar-refractivity contribution in [1.82, 2.24) is 0 Å². The van der Waals surface area contributed by atoms with Crippen LogP contribution in [0.2, 0.25) is 5.02 Å². The molecular weight excluding hydrogens is 264 g/mol. The fraction of sp³-hybridized carbons (Fsp3) is 0.400. The van der Waals surface area contributed by atoms with Crippen molar-refractivity contribution in [3.05, 3.63) is 29.0 Å². The van der Waals surface area contributed by atoms with Gasteiger partial charge in [0.15, 0.2) is 11.6 Å². The Hall–Kier alpha value is -1.01. The zero-order valence-corrected chi connectivity index (χ0v) is 9.32. The summed E-state index contributed by atoms with van der Waals surface area (Å²) in [6.45, 7) is -1.80. The Morgan fingerprint density at radius 1 is 1.18 bits per heavy atom. The number of hydrogen-bond acceptors (Lipinski definition) is 2. The van der Waals surface area contributed by atoms with Crippen molar-refractivity contribution < 1.29 is 27.0 Å². The highest BCUT2D eigenvalue weighted by atomic mass is 35.5. The molecule has 1 aromatic rings. The lowest BCUT2D eigenvalue weighted by Gasteiger charge is -2.09. The van der Waals surface area contributed by atoms with E-state index >= 15 is 0 Å². The molecule has 0 spiro atoms. The van der Waals surface area contributed by atoms with E-state index in [-0.39, 0.29) is 24.0 Å². The van der Waals surface area contributed by atoms with Gasteiger partial charge in [-0.15, -0.1) is 0 Å². The normalized spacial score (nSPS) is 11.6. The first-order valence-corrected chi connectivity index (χ1v) is 4.98. The van der Waals surface area contributed by atoms with Gasteiger partial charge in [-0.05, 0) is 18.2 Å². The Morgan fingerprint density at radius 3 is 2.47 bits per heavy atom. The lowest BCUT2D eigenvalue weighted by atomic mass is 10.3. The number of benzene rings is 1. The van der Waals surface area contributed by atoms with Crippen molar-refractivity contribution in [2.24, 2.45) is 0 Å². The van der Waals surface area contributed by atoms with Gasteiger partial charge < -0.3 is 9.47 Å². The fourth-order valence-electron chi connectivity index (χ4n) is 0.991. The van der Waals surface area contributed by atoms with Crippen LogP contribution in [0.3, 0.4) is 0 Å². The minimum Gasteiger partial charge on any atom is -0.488 e. The second-order valence-corrected chi connectivity index (χ2v) is 3.53. The summed E-state index contributed by atoms with van der Waals surface area (Å²) in [6.07, 6.45) is -4.37. The first kappa shape index (κ1) is 14.1. The largest absolute Gasteiger partial charge is 0.488 e. The van der Waals surface area contributed by atoms with E-state index in [2.05, 4.69) is 4.74 Å². The van der Waals surface area contributed by atoms with Crippen LogP contribution >= 0.6 is 11.6 Å². The predicted molar refractivity (Wildman–Crippen MR) is 53.8 cm³/mol. The number of rotatable bonds is 5. The molecule has 0 aromatic heterocycles. The SMILES string of the molecule is Fc1cc(Cl)ccc1OCCOCC(F)(F)F. The maximum atomic E-state index is 13.1. The molecule has 1 rings (SSSR count). The van der Waals surface area contributed by atoms with E-state index in [1.807, 2.05) is 0 Å². The summed E-state index contributed by atoms with van der Waals surface area (Å²) in [6, 6.07) is 3.76. The highest BCUT2D eigenvalue weighted by Crippen LogP contribution is 2.21. The minimum absolute atomic E-state index is 0.0787. The number of alkyl halides is 3. The van der Waals surface area contributed by atoms with Crippen LogP contribution in [0.5, 0.6) is 5.75 Å². The highest BCUT2D eigenvalue weighted by molar-refractivity contribution is 6.30. The van der Waals surface area contributed by atoms with Crippen molar-refractivity contribution in [2.75, 3.05) is 19.8 Å². The second kappa shape index (κ2) is 6.07. The molecule has 0 atom stereocenters. The first-order valence-electron chi connectivity index (χ1n) is 4.61. The van der Waals surface area contributed by atoms with E-state index in [1.54, 1.807) is 0 Å². The summed E-state index contributed by atoms with van der Waals surface area (Å²) in [5.74, 6) is -0.752. The van der Waals surface area contributed by atoms with Crippen LogP contribution in [-0.2, 0) is 4.74 Å². The van der Waals surface area contributed by atoms with Gasteiger partial charge in [-0.1, -0.05) is 11.6 Å². The number of halogens is 5. The fourth-order valence-corrected chi connectivity index (χ4v) is 1.15. The first-order chi connectivity index (χ1) is 7.88. The third kappa shape index (κ3) is 5.74. The molecule has 0 unspecified atom stereocenters. The molecule has 0 amide bonds. The standard InChI is InChI=1S/C10H9ClF4O2/c11-7-1-2-9(8(12)5-7)17-4-3-16-6-10(13,14)15/h1-2,5H,3-4,6H2. The third-order valence-corrected chi connectivity index (χ3v) is 1.88. The van der Waals surface area contributed by atoms with Gasteiger partial charge in [0.25, 0.3) is 0 Å². The van der Waals surface area contributed by atoms with Crippen LogP contribution in [0, 0.1) is 5.82 Å². The van der Waals surface area contributed by atoms with E-state index in [0.29, 0.717) is 0 Å². The lowest BCUT2D eigenvalue weighted by molar-refractivity contribution is -0.175. The molecule has 0 fully saturated rings. The second-order valence-electron chi connectivity index (χ2n) is 3.09. The van der Waals surface area contributed by atoms with E-state index in [9.17, 15) is 17.6 Å². The summed E-state index contributed by atoms with van der Waals surface area (Å²) in [4.78, 5) is 0. The van der Waals surface area contributed by atoms with Crippen LogP contribution in [0.25, 0.3) is 0 Å². The Kier molecular flexibility index (Phi) is 5.02. The van der Waals surface area contributed by atoms with Gasteiger partial charge in [0.05, 0.1) is 6.61 Å². The van der Waals surface area contributed by atoms with Gasteiger partial charge >= 0.3 is 6.18 Å². The van der Waals surface area contributed by atoms with Gasteiger partial charge in [0.2, 0.25) is 0 Å². The molecule has 0 aliphatic carbocycles. The predicted octanol–water partition coefficient (Wildman–Crippen LogP) is 3.44. The summed E-state index contributed by atoms with van der Waals surface area (Å²) >= 11 is 5.51. The molecule has 0 N–H and O–H groups in total. The molecule has 96 valence electrons. The van der Waals surface area contributed by atoms with Crippen molar-refractivity contribution in [3.63, 3.8) is 0 Å². The summed E-state index contributed by atoms with van der Waals surface area (Å²) in [5.41, 5.74) is 0. The summed E-state index contributed by atoms with van der Waals surface area (Å²) in [5, 5.41) is 0.211. The molecule has 0 saturated carbocycles. The zero-order chi connectivity index (χ0) is 12.9. The lowest BCUT2D eigenvalue weighted by Crippen LogP contribution is -2.19. The third-order valence-electron chi connectivity index (χ3n) is 1.64. The van der Waals surface area contributed by atoms with Gasteiger partial charge in [0, 0.05) is 5.02 Å². The monoisotopic (exact) mass is 272 g/mol. The molecule has 2 nitrogen and oxygen atoms in total. The van der Waals surface area contributed by atoms with E-state index in [0.717, 1.165) is 6.07 Å². The molecular formula is C10H9ClF4O2. The Labute approximate surface area is 100 Å². The van der Waals surface area contributed by atoms with Crippen LogP contribution < -0.4 is 4.74 Å². The van der Waals surface area contributed by atoms with Gasteiger partial charge in [-0.25, -0.2) is 4.39 Å². The smallest absolute Gasteiger partial charge is 0.411 e. The van der Waals surface area contributed by atoms with Crippen LogP contribution in [0.15, 0.2) is 18.2 Å². The van der Waals surface area contributed by atoms with Crippen LogP contribution in [0.4, 0.5) is 17.6 Å². The number of ether oxygens (including phenoxy) is 2. The van der Waals surface area contributed by atoms with Crippen LogP contribution in [-0.4, -0.2) is 26.0 Å². The van der Waals surface area contributed by atoms with E-state index in [4.69, 9.17) is 16.3 Å². The van der Waals surface area contributed by atoms with Crippen molar-refractivity contribution in [1.29, 1.82) is 0 Å². The van der Waals surface area contributed by atoms with Crippen molar-refractivity contribution in [3.8, 4) is 5.75 Å². The number of hydrogen-bond donors (Lipinski definition) is 0. The van der Waals surface area contributed by atoms with E-state index in [1.165, 1.54) is 12.1 Å². The average molecular weight is 273 g/mol. The molecule has 0 radical (unpaired) electrons. The maximum absolute atomic E-state index is 13.1. The molecule has 0 aliphatic rings. The van der Waals surface area contributed by atoms with E-state index < -0.39 is 18.6 Å². The van der Waals surface area contributed by atoms with Crippen LogP contribution in [0.1, 0.15) is 0 Å². The van der Waals surface area contributed by atoms with Crippen molar-refractivity contribution in [2.45, 2.75) is 6.18 Å². The molecule has 0 saturated heterocycles. The molecule has 0 heterocycles. The summed E-state index contributed by atoms with van der Waals surface area (Å²) < 4.78 is 57.3. The Balaban J connectivity index is 2.27. The van der Waals surface area contributed by atoms with Gasteiger partial charge in [-0.2, -0.15) is 13.2 Å². The Bertz CT molecular complexity index is 368. The quantitative estimate of drug-likeness (QED) is 0.604. The molecule has 0 bridgehead atoms. The topological polar surface area (TPSA) is 18.5 Å². The molecule has 1 aromatic carbocycles. The molecule has 17 heavy (non-hydrogen) atoms. The summed E-state index contributed by atoms with van der Waals surface area (Å²) in [7, 11) is 0. The molecule has 0 aliphatic heterocycles. The average Bonchev–Trinajstić information content (AvgIpc) is 2.18. The zero-order valence-electron chi connectivity index (χ0n) is 8.56. The minimum atomic E-state index is -4.37. The van der Waals surface area contributed by atoms with Gasteiger partial charge in [0.1, 0.15) is 13.2 Å². The molecule has 7 heteroatoms. The Morgan fingerprint density at radius 2 is 1.88 bits per heavy atom.